The van der Waals surface area contributed by atoms with E-state index in [1.165, 1.54) is 19.2 Å². The van der Waals surface area contributed by atoms with Gasteiger partial charge < -0.3 is 10.1 Å². The maximum Gasteiger partial charge on any atom is 0.264 e. The zero-order valence-corrected chi connectivity index (χ0v) is 19.7. The molecule has 0 saturated carbocycles. The van der Waals surface area contributed by atoms with Gasteiger partial charge in [0.15, 0.2) is 0 Å². The highest BCUT2D eigenvalue weighted by Gasteiger charge is 2.29. The molecule has 0 aromatic heterocycles. The average Bonchev–Trinajstić information content (AvgIpc) is 2.66. The monoisotopic (exact) mass is 482 g/mol. The summed E-state index contributed by atoms with van der Waals surface area (Å²) in [5, 5.41) is 2.90. The predicted octanol–water partition coefficient (Wildman–Crippen LogP) is 4.27. The van der Waals surface area contributed by atoms with Crippen LogP contribution in [0.15, 0.2) is 51.8 Å². The van der Waals surface area contributed by atoms with E-state index in [1.54, 1.807) is 18.2 Å². The molecule has 2 rings (SSSR count). The summed E-state index contributed by atoms with van der Waals surface area (Å²) in [6.45, 7) is 7.36. The highest BCUT2D eigenvalue weighted by atomic mass is 79.9. The van der Waals surface area contributed by atoms with Gasteiger partial charge in [-0.1, -0.05) is 24.6 Å². The summed E-state index contributed by atoms with van der Waals surface area (Å²) >= 11 is 3.33. The molecule has 0 radical (unpaired) electrons. The molecule has 0 atom stereocenters. The van der Waals surface area contributed by atoms with Crippen molar-refractivity contribution >= 4 is 37.5 Å². The number of halogens is 1. The number of nitrogens with one attached hydrogen (secondary N) is 1. The Bertz CT molecular complexity index is 973. The van der Waals surface area contributed by atoms with Gasteiger partial charge in [-0.25, -0.2) is 8.42 Å². The molecule has 0 fully saturated rings. The predicted molar refractivity (Wildman–Crippen MR) is 119 cm³/mol. The van der Waals surface area contributed by atoms with Crippen molar-refractivity contribution in [2.75, 3.05) is 18.0 Å². The van der Waals surface area contributed by atoms with Crippen LogP contribution >= 0.6 is 15.9 Å². The lowest BCUT2D eigenvalue weighted by Crippen LogP contribution is -2.48. The number of hydrogen-bond acceptors (Lipinski definition) is 4. The molecule has 2 aromatic carbocycles. The number of hydrogen-bond donors (Lipinski definition) is 1. The number of carbonyl (C=O) groups excluding carboxylic acids is 1. The summed E-state index contributed by atoms with van der Waals surface area (Å²) in [5.41, 5.74) is 0.991. The first-order chi connectivity index (χ1) is 13.5. The SMILES string of the molecule is CCC(C)(C)NC(=O)CN(c1ccc(C)cc1)S(=O)(=O)c1ccc(OC)c(Br)c1. The summed E-state index contributed by atoms with van der Waals surface area (Å²) < 4.78 is 33.7. The summed E-state index contributed by atoms with van der Waals surface area (Å²) in [5.74, 6) is 0.154. The topological polar surface area (TPSA) is 75.7 Å². The van der Waals surface area contributed by atoms with Gasteiger partial charge in [0, 0.05) is 5.54 Å². The number of methoxy groups -OCH3 is 1. The standard InChI is InChI=1S/C21H27BrN2O4S/c1-6-21(3,4)23-20(25)14-24(16-9-7-15(2)8-10-16)29(26,27)17-11-12-19(28-5)18(22)13-17/h7-13H,6,14H2,1-5H3,(H,23,25). The Morgan fingerprint density at radius 1 is 1.17 bits per heavy atom. The van der Waals surface area contributed by atoms with E-state index in [-0.39, 0.29) is 17.3 Å². The van der Waals surface area contributed by atoms with Crippen LogP contribution in [0.25, 0.3) is 0 Å². The molecule has 8 heteroatoms. The quantitative estimate of drug-likeness (QED) is 0.609. The van der Waals surface area contributed by atoms with Gasteiger partial charge in [-0.3, -0.25) is 9.10 Å². The van der Waals surface area contributed by atoms with E-state index >= 15 is 0 Å². The molecule has 0 bridgehead atoms. The number of sulfonamides is 1. The van der Waals surface area contributed by atoms with Gasteiger partial charge in [0.25, 0.3) is 10.0 Å². The average molecular weight is 483 g/mol. The van der Waals surface area contributed by atoms with Crippen molar-refractivity contribution in [2.45, 2.75) is 44.6 Å². The third kappa shape index (κ3) is 5.73. The maximum atomic E-state index is 13.4. The Kier molecular flexibility index (Phi) is 7.35. The normalized spacial score (nSPS) is 11.8. The number of benzene rings is 2. The van der Waals surface area contributed by atoms with Crippen LogP contribution < -0.4 is 14.4 Å². The van der Waals surface area contributed by atoms with Crippen LogP contribution in [0.1, 0.15) is 32.8 Å². The first-order valence-corrected chi connectivity index (χ1v) is 11.5. The van der Waals surface area contributed by atoms with E-state index in [2.05, 4.69) is 21.2 Å². The number of amides is 1. The Morgan fingerprint density at radius 3 is 2.31 bits per heavy atom. The smallest absolute Gasteiger partial charge is 0.264 e. The van der Waals surface area contributed by atoms with Crippen molar-refractivity contribution in [1.82, 2.24) is 5.32 Å². The van der Waals surface area contributed by atoms with Crippen molar-refractivity contribution in [1.29, 1.82) is 0 Å². The first-order valence-electron chi connectivity index (χ1n) is 9.24. The van der Waals surface area contributed by atoms with Crippen LogP contribution in [0.2, 0.25) is 0 Å². The fourth-order valence-corrected chi connectivity index (χ4v) is 4.74. The second kappa shape index (κ2) is 9.17. The Labute approximate surface area is 181 Å². The third-order valence-electron chi connectivity index (χ3n) is 4.68. The molecule has 2 aromatic rings. The second-order valence-electron chi connectivity index (χ2n) is 7.43. The van der Waals surface area contributed by atoms with Gasteiger partial charge >= 0.3 is 0 Å². The second-order valence-corrected chi connectivity index (χ2v) is 10.1. The summed E-state index contributed by atoms with van der Waals surface area (Å²) in [4.78, 5) is 12.7. The summed E-state index contributed by atoms with van der Waals surface area (Å²) in [6.07, 6.45) is 0.724. The van der Waals surface area contributed by atoms with Crippen molar-refractivity contribution in [2.24, 2.45) is 0 Å². The Balaban J connectivity index is 2.47. The van der Waals surface area contributed by atoms with Gasteiger partial charge in [0.1, 0.15) is 12.3 Å². The van der Waals surface area contributed by atoms with E-state index < -0.39 is 15.6 Å². The molecular weight excluding hydrogens is 456 g/mol. The molecule has 29 heavy (non-hydrogen) atoms. The molecule has 0 saturated heterocycles. The van der Waals surface area contributed by atoms with Crippen molar-refractivity contribution in [3.8, 4) is 5.75 Å². The van der Waals surface area contributed by atoms with E-state index in [0.717, 1.165) is 16.3 Å². The molecule has 158 valence electrons. The van der Waals surface area contributed by atoms with Crippen molar-refractivity contribution in [3.05, 3.63) is 52.5 Å². The summed E-state index contributed by atoms with van der Waals surface area (Å²) in [6, 6.07) is 11.5. The molecule has 1 N–H and O–H groups in total. The molecule has 0 heterocycles. The lowest BCUT2D eigenvalue weighted by Gasteiger charge is -2.28. The molecule has 6 nitrogen and oxygen atoms in total. The molecule has 0 spiro atoms. The number of anilines is 1. The van der Waals surface area contributed by atoms with Gasteiger partial charge in [0.2, 0.25) is 5.91 Å². The van der Waals surface area contributed by atoms with Gasteiger partial charge in [-0.05, 0) is 73.5 Å². The Morgan fingerprint density at radius 2 is 1.79 bits per heavy atom. The summed E-state index contributed by atoms with van der Waals surface area (Å²) in [7, 11) is -2.48. The largest absolute Gasteiger partial charge is 0.496 e. The van der Waals surface area contributed by atoms with Crippen LogP contribution in [0.3, 0.4) is 0 Å². The number of ether oxygens (including phenoxy) is 1. The van der Waals surface area contributed by atoms with Gasteiger partial charge in [-0.2, -0.15) is 0 Å². The minimum atomic E-state index is -3.98. The van der Waals surface area contributed by atoms with Crippen LogP contribution in [0, 0.1) is 6.92 Å². The highest BCUT2D eigenvalue weighted by molar-refractivity contribution is 9.10. The Hall–Kier alpha value is -2.06. The zero-order valence-electron chi connectivity index (χ0n) is 17.3. The fourth-order valence-electron chi connectivity index (χ4n) is 2.60. The van der Waals surface area contributed by atoms with Crippen LogP contribution in [0.5, 0.6) is 5.75 Å². The minimum absolute atomic E-state index is 0.0632. The zero-order chi connectivity index (χ0) is 21.8. The highest BCUT2D eigenvalue weighted by Crippen LogP contribution is 2.30. The van der Waals surface area contributed by atoms with Gasteiger partial charge in [0.05, 0.1) is 22.2 Å². The van der Waals surface area contributed by atoms with E-state index in [9.17, 15) is 13.2 Å². The van der Waals surface area contributed by atoms with E-state index in [4.69, 9.17) is 4.74 Å². The lowest BCUT2D eigenvalue weighted by atomic mass is 10.0. The van der Waals surface area contributed by atoms with E-state index in [0.29, 0.717) is 15.9 Å². The molecule has 0 unspecified atom stereocenters. The lowest BCUT2D eigenvalue weighted by molar-refractivity contribution is -0.121. The number of carbonyl (C=O) groups is 1. The van der Waals surface area contributed by atoms with Crippen LogP contribution in [-0.2, 0) is 14.8 Å². The van der Waals surface area contributed by atoms with Crippen molar-refractivity contribution < 1.29 is 17.9 Å². The molecule has 1 amide bonds. The first kappa shape index (κ1) is 23.2. The number of aryl methyl sites for hydroxylation is 1. The third-order valence-corrected chi connectivity index (χ3v) is 7.07. The number of rotatable bonds is 8. The maximum absolute atomic E-state index is 13.4. The fraction of sp³-hybridized carbons (Fsp3) is 0.381. The molecular formula is C21H27BrN2O4S. The van der Waals surface area contributed by atoms with Crippen LogP contribution in [-0.4, -0.2) is 33.5 Å². The van der Waals surface area contributed by atoms with Crippen LogP contribution in [0.4, 0.5) is 5.69 Å². The minimum Gasteiger partial charge on any atom is -0.496 e. The molecule has 0 aliphatic rings. The van der Waals surface area contributed by atoms with Gasteiger partial charge in [-0.15, -0.1) is 0 Å². The number of nitrogens with zero attached hydrogens (tertiary/aromatic N) is 1. The van der Waals surface area contributed by atoms with E-state index in [1.807, 2.05) is 39.8 Å². The van der Waals surface area contributed by atoms with Crippen molar-refractivity contribution in [3.63, 3.8) is 0 Å². The molecule has 0 aliphatic heterocycles. The molecule has 0 aliphatic carbocycles.